The smallest absolute Gasteiger partial charge is 0.347 e. The Bertz CT molecular complexity index is 842. The van der Waals surface area contributed by atoms with E-state index in [1.54, 1.807) is 49.6 Å². The average Bonchev–Trinajstić information content (AvgIpc) is 2.68. The van der Waals surface area contributed by atoms with Gasteiger partial charge in [0.25, 0.3) is 5.91 Å². The first-order valence-corrected chi connectivity index (χ1v) is 8.25. The lowest BCUT2D eigenvalue weighted by atomic mass is 10.2. The lowest BCUT2D eigenvalue weighted by molar-refractivity contribution is -0.159. The minimum absolute atomic E-state index is 0.416. The van der Waals surface area contributed by atoms with Gasteiger partial charge in [-0.05, 0) is 56.3 Å². The average molecular weight is 368 g/mol. The normalized spacial score (nSPS) is 12.2. The molecule has 2 unspecified atom stereocenters. The fraction of sp³-hybridized carbons (Fsp3) is 0.250. The Morgan fingerprint density at radius 2 is 1.70 bits per heavy atom. The van der Waals surface area contributed by atoms with Crippen LogP contribution in [0.1, 0.15) is 19.4 Å². The largest absolute Gasteiger partial charge is 0.497 e. The van der Waals surface area contributed by atoms with E-state index in [0.717, 1.165) is 0 Å². The molecule has 0 heterocycles. The van der Waals surface area contributed by atoms with Crippen LogP contribution in [0.5, 0.6) is 11.5 Å². The van der Waals surface area contributed by atoms with Gasteiger partial charge in [-0.25, -0.2) is 4.79 Å². The van der Waals surface area contributed by atoms with Crippen molar-refractivity contribution < 1.29 is 23.8 Å². The third-order valence-electron chi connectivity index (χ3n) is 3.63. The van der Waals surface area contributed by atoms with E-state index < -0.39 is 24.1 Å². The highest BCUT2D eigenvalue weighted by molar-refractivity contribution is 5.95. The van der Waals surface area contributed by atoms with Crippen LogP contribution in [0.3, 0.4) is 0 Å². The van der Waals surface area contributed by atoms with E-state index in [1.165, 1.54) is 19.9 Å². The molecular formula is C20H20N2O5. The number of hydrogen-bond acceptors (Lipinski definition) is 6. The molecule has 7 nitrogen and oxygen atoms in total. The maximum Gasteiger partial charge on any atom is 0.347 e. The zero-order valence-electron chi connectivity index (χ0n) is 15.3. The molecule has 2 aromatic rings. The molecule has 1 amide bonds. The van der Waals surface area contributed by atoms with Crippen LogP contribution in [0.2, 0.25) is 0 Å². The molecule has 1 N–H and O–H groups in total. The number of benzene rings is 2. The quantitative estimate of drug-likeness (QED) is 0.755. The molecule has 27 heavy (non-hydrogen) atoms. The Labute approximate surface area is 157 Å². The van der Waals surface area contributed by atoms with Crippen molar-refractivity contribution >= 4 is 17.6 Å². The minimum atomic E-state index is -1.02. The van der Waals surface area contributed by atoms with Crippen molar-refractivity contribution in [3.05, 3.63) is 54.1 Å². The molecule has 0 saturated carbocycles. The van der Waals surface area contributed by atoms with E-state index in [1.807, 2.05) is 6.07 Å². The van der Waals surface area contributed by atoms with Gasteiger partial charge in [-0.1, -0.05) is 6.07 Å². The van der Waals surface area contributed by atoms with Crippen LogP contribution in [0, 0.1) is 11.3 Å². The highest BCUT2D eigenvalue weighted by Crippen LogP contribution is 2.18. The molecule has 140 valence electrons. The summed E-state index contributed by atoms with van der Waals surface area (Å²) in [6.45, 7) is 3.00. The van der Waals surface area contributed by atoms with Gasteiger partial charge in [-0.3, -0.25) is 4.79 Å². The van der Waals surface area contributed by atoms with E-state index in [9.17, 15) is 9.59 Å². The van der Waals surface area contributed by atoms with E-state index in [0.29, 0.717) is 22.7 Å². The number of amides is 1. The third kappa shape index (κ3) is 5.75. The summed E-state index contributed by atoms with van der Waals surface area (Å²) in [5.74, 6) is -0.0247. The predicted molar refractivity (Wildman–Crippen MR) is 98.4 cm³/mol. The summed E-state index contributed by atoms with van der Waals surface area (Å²) >= 11 is 0. The molecule has 0 radical (unpaired) electrons. The number of ether oxygens (including phenoxy) is 3. The Hall–Kier alpha value is -3.53. The molecule has 0 bridgehead atoms. The molecule has 0 saturated heterocycles. The number of rotatable bonds is 7. The molecule has 0 aliphatic carbocycles. The van der Waals surface area contributed by atoms with Gasteiger partial charge in [0.2, 0.25) is 0 Å². The zero-order chi connectivity index (χ0) is 19.8. The minimum Gasteiger partial charge on any atom is -0.497 e. The van der Waals surface area contributed by atoms with Crippen LogP contribution >= 0.6 is 0 Å². The zero-order valence-corrected chi connectivity index (χ0v) is 15.3. The maximum absolute atomic E-state index is 12.2. The number of hydrogen-bond donors (Lipinski definition) is 1. The molecular weight excluding hydrogens is 348 g/mol. The van der Waals surface area contributed by atoms with Gasteiger partial charge in [-0.2, -0.15) is 5.26 Å². The topological polar surface area (TPSA) is 97.7 Å². The van der Waals surface area contributed by atoms with E-state index in [2.05, 4.69) is 5.32 Å². The molecule has 0 aliphatic rings. The molecule has 0 aliphatic heterocycles. The number of methoxy groups -OCH3 is 1. The predicted octanol–water partition coefficient (Wildman–Crippen LogP) is 2.90. The monoisotopic (exact) mass is 368 g/mol. The first-order valence-electron chi connectivity index (χ1n) is 8.25. The highest BCUT2D eigenvalue weighted by Gasteiger charge is 2.23. The second-order valence-corrected chi connectivity index (χ2v) is 5.70. The van der Waals surface area contributed by atoms with Crippen molar-refractivity contribution in [3.8, 4) is 17.6 Å². The van der Waals surface area contributed by atoms with Crippen LogP contribution in [-0.2, 0) is 14.3 Å². The third-order valence-corrected chi connectivity index (χ3v) is 3.63. The molecule has 2 rings (SSSR count). The van der Waals surface area contributed by atoms with Crippen molar-refractivity contribution in [1.82, 2.24) is 0 Å². The summed E-state index contributed by atoms with van der Waals surface area (Å²) in [5, 5.41) is 11.5. The summed E-state index contributed by atoms with van der Waals surface area (Å²) in [7, 11) is 1.55. The summed E-state index contributed by atoms with van der Waals surface area (Å²) in [6.07, 6.45) is -1.92. The Balaban J connectivity index is 1.89. The number of nitriles is 1. The molecule has 0 aromatic heterocycles. The standard InChI is InChI=1S/C20H20N2O5/c1-13(19(23)22-16-6-4-5-15(11-16)12-21)27-20(24)14(2)26-18-9-7-17(25-3)8-10-18/h4-11,13-14H,1-3H3,(H,22,23). The lowest BCUT2D eigenvalue weighted by Crippen LogP contribution is -2.35. The number of esters is 1. The van der Waals surface area contributed by atoms with Crippen molar-refractivity contribution in [2.45, 2.75) is 26.1 Å². The summed E-state index contributed by atoms with van der Waals surface area (Å²) < 4.78 is 15.7. The number of nitrogens with zero attached hydrogens (tertiary/aromatic N) is 1. The van der Waals surface area contributed by atoms with E-state index >= 15 is 0 Å². The first-order chi connectivity index (χ1) is 12.9. The first kappa shape index (κ1) is 19.8. The van der Waals surface area contributed by atoms with Gasteiger partial charge in [0, 0.05) is 5.69 Å². The van der Waals surface area contributed by atoms with E-state index in [-0.39, 0.29) is 0 Å². The lowest BCUT2D eigenvalue weighted by Gasteiger charge is -2.18. The summed E-state index contributed by atoms with van der Waals surface area (Å²) in [5.41, 5.74) is 0.864. The van der Waals surface area contributed by atoms with Gasteiger partial charge in [-0.15, -0.1) is 0 Å². The van der Waals surface area contributed by atoms with Crippen LogP contribution in [0.4, 0.5) is 5.69 Å². The highest BCUT2D eigenvalue weighted by atomic mass is 16.6. The second kappa shape index (κ2) is 9.25. The SMILES string of the molecule is COc1ccc(OC(C)C(=O)OC(C)C(=O)Nc2cccc(C#N)c2)cc1. The molecule has 2 aromatic carbocycles. The number of carbonyl (C=O) groups excluding carboxylic acids is 2. The van der Waals surface area contributed by atoms with Gasteiger partial charge < -0.3 is 19.5 Å². The second-order valence-electron chi connectivity index (χ2n) is 5.70. The van der Waals surface area contributed by atoms with Crippen LogP contribution < -0.4 is 14.8 Å². The fourth-order valence-electron chi connectivity index (χ4n) is 2.14. The van der Waals surface area contributed by atoms with Gasteiger partial charge in [0.05, 0.1) is 18.7 Å². The Morgan fingerprint density at radius 3 is 2.33 bits per heavy atom. The van der Waals surface area contributed by atoms with Crippen LogP contribution in [0.15, 0.2) is 48.5 Å². The maximum atomic E-state index is 12.2. The number of carbonyl (C=O) groups is 2. The Morgan fingerprint density at radius 1 is 1.04 bits per heavy atom. The molecule has 0 spiro atoms. The molecule has 0 fully saturated rings. The number of nitrogens with one attached hydrogen (secondary N) is 1. The number of anilines is 1. The molecule has 7 heteroatoms. The summed E-state index contributed by atoms with van der Waals surface area (Å²) in [4.78, 5) is 24.3. The van der Waals surface area contributed by atoms with E-state index in [4.69, 9.17) is 19.5 Å². The molecule has 2 atom stereocenters. The van der Waals surface area contributed by atoms with Crippen LogP contribution in [-0.4, -0.2) is 31.2 Å². The van der Waals surface area contributed by atoms with Gasteiger partial charge >= 0.3 is 5.97 Å². The fourth-order valence-corrected chi connectivity index (χ4v) is 2.14. The van der Waals surface area contributed by atoms with Gasteiger partial charge in [0.1, 0.15) is 11.5 Å². The summed E-state index contributed by atoms with van der Waals surface area (Å²) in [6, 6.07) is 15.2. The van der Waals surface area contributed by atoms with Crippen molar-refractivity contribution in [3.63, 3.8) is 0 Å². The Kier molecular flexibility index (Phi) is 6.78. The van der Waals surface area contributed by atoms with Crippen molar-refractivity contribution in [1.29, 1.82) is 5.26 Å². The van der Waals surface area contributed by atoms with Crippen molar-refractivity contribution in [2.75, 3.05) is 12.4 Å². The van der Waals surface area contributed by atoms with Gasteiger partial charge in [0.15, 0.2) is 12.2 Å². The van der Waals surface area contributed by atoms with Crippen LogP contribution in [0.25, 0.3) is 0 Å². The van der Waals surface area contributed by atoms with Crippen molar-refractivity contribution in [2.24, 2.45) is 0 Å².